The molecule has 1 fully saturated rings. The van der Waals surface area contributed by atoms with Crippen molar-refractivity contribution in [1.29, 1.82) is 0 Å². The summed E-state index contributed by atoms with van der Waals surface area (Å²) in [5.41, 5.74) is 4.54. The highest BCUT2D eigenvalue weighted by Crippen LogP contribution is 2.34. The van der Waals surface area contributed by atoms with Crippen molar-refractivity contribution in [3.63, 3.8) is 0 Å². The number of hydrogen-bond acceptors (Lipinski definition) is 3. The molecule has 0 saturated heterocycles. The molecular weight excluding hydrogens is 374 g/mol. The fourth-order valence-corrected chi connectivity index (χ4v) is 4.49. The Morgan fingerprint density at radius 2 is 1.90 bits per heavy atom. The molecule has 1 aliphatic rings. The van der Waals surface area contributed by atoms with Gasteiger partial charge in [0.25, 0.3) is 5.91 Å². The molecule has 0 aliphatic heterocycles. The van der Waals surface area contributed by atoms with Crippen molar-refractivity contribution in [2.24, 2.45) is 0 Å². The molecule has 5 rings (SSSR count). The Bertz CT molecular complexity index is 1170. The molecule has 6 nitrogen and oxygen atoms in total. The zero-order chi connectivity index (χ0) is 20.5. The first-order chi connectivity index (χ1) is 14.7. The predicted octanol–water partition coefficient (Wildman–Crippen LogP) is 4.59. The molecule has 0 aromatic carbocycles. The van der Waals surface area contributed by atoms with Gasteiger partial charge in [-0.15, -0.1) is 0 Å². The Morgan fingerprint density at radius 3 is 2.70 bits per heavy atom. The number of pyridine rings is 2. The summed E-state index contributed by atoms with van der Waals surface area (Å²) in [5.74, 6) is -0.0115. The smallest absolute Gasteiger partial charge is 0.256 e. The summed E-state index contributed by atoms with van der Waals surface area (Å²) in [5, 5.41) is 4.63. The number of rotatable bonds is 5. The van der Waals surface area contributed by atoms with Gasteiger partial charge in [-0.25, -0.2) is 0 Å². The second-order valence-corrected chi connectivity index (χ2v) is 7.98. The molecule has 0 unspecified atom stereocenters. The second kappa shape index (κ2) is 7.78. The molecule has 0 atom stereocenters. The summed E-state index contributed by atoms with van der Waals surface area (Å²) in [6, 6.07) is 16.2. The fourth-order valence-electron chi connectivity index (χ4n) is 4.49. The normalized spacial score (nSPS) is 14.4. The molecule has 1 amide bonds. The molecule has 6 heteroatoms. The number of aromatic nitrogens is 4. The third kappa shape index (κ3) is 3.28. The molecule has 1 aliphatic carbocycles. The second-order valence-electron chi connectivity index (χ2n) is 7.98. The van der Waals surface area contributed by atoms with Crippen LogP contribution in [-0.4, -0.2) is 37.0 Å². The maximum absolute atomic E-state index is 13.3. The number of amides is 1. The summed E-state index contributed by atoms with van der Waals surface area (Å²) in [6.07, 6.45) is 10.5. The lowest BCUT2D eigenvalue weighted by Gasteiger charge is -2.16. The highest BCUT2D eigenvalue weighted by Gasteiger charge is 2.24. The highest BCUT2D eigenvalue weighted by molar-refractivity contribution is 6.02. The molecular formula is C24H25N5O. The number of nitrogens with zero attached hydrogens (tertiary/aromatic N) is 5. The monoisotopic (exact) mass is 399 g/mol. The number of fused-ring (bicyclic) bond motifs is 1. The minimum absolute atomic E-state index is 0.0115. The van der Waals surface area contributed by atoms with Crippen molar-refractivity contribution < 1.29 is 4.79 Å². The van der Waals surface area contributed by atoms with E-state index in [1.54, 1.807) is 11.1 Å². The zero-order valence-corrected chi connectivity index (χ0v) is 17.1. The molecule has 0 bridgehead atoms. The van der Waals surface area contributed by atoms with E-state index in [-0.39, 0.29) is 5.91 Å². The lowest BCUT2D eigenvalue weighted by atomic mass is 10.2. The van der Waals surface area contributed by atoms with Crippen LogP contribution < -0.4 is 0 Å². The Morgan fingerprint density at radius 1 is 1.07 bits per heavy atom. The van der Waals surface area contributed by atoms with Crippen molar-refractivity contribution in [2.45, 2.75) is 38.3 Å². The Labute approximate surface area is 175 Å². The Kier molecular flexibility index (Phi) is 4.83. The molecule has 0 radical (unpaired) electrons. The SMILES string of the molecule is CN(Cc1ccccn1)C(=O)c1cc(-c2ccnn2C2CCCC2)n2ccccc12. The standard InChI is InChI=1S/C24H25N5O/c1-27(17-18-8-4-6-13-25-18)24(30)20-16-23(28-15-7-5-11-21(20)28)22-12-14-26-29(22)19-9-2-3-10-19/h4-8,11-16,19H,2-3,9-10,17H2,1H3. The number of carbonyl (C=O) groups excluding carboxylic acids is 1. The summed E-state index contributed by atoms with van der Waals surface area (Å²) >= 11 is 0. The molecule has 4 heterocycles. The first kappa shape index (κ1) is 18.6. The van der Waals surface area contributed by atoms with E-state index in [2.05, 4.69) is 25.2 Å². The first-order valence-electron chi connectivity index (χ1n) is 10.5. The van der Waals surface area contributed by atoms with Crippen LogP contribution in [0.3, 0.4) is 0 Å². The van der Waals surface area contributed by atoms with Crippen molar-refractivity contribution in [1.82, 2.24) is 24.1 Å². The first-order valence-corrected chi connectivity index (χ1v) is 10.5. The van der Waals surface area contributed by atoms with Crippen LogP contribution >= 0.6 is 0 Å². The van der Waals surface area contributed by atoms with E-state index >= 15 is 0 Å². The van der Waals surface area contributed by atoms with Crippen LogP contribution in [0.5, 0.6) is 0 Å². The molecule has 4 aromatic rings. The van der Waals surface area contributed by atoms with Crippen LogP contribution in [0, 0.1) is 0 Å². The average molecular weight is 399 g/mol. The van der Waals surface area contributed by atoms with Crippen molar-refractivity contribution in [3.05, 3.63) is 78.4 Å². The molecule has 0 N–H and O–H groups in total. The van der Waals surface area contributed by atoms with Crippen LogP contribution in [0.25, 0.3) is 16.9 Å². The maximum atomic E-state index is 13.3. The van der Waals surface area contributed by atoms with E-state index in [1.165, 1.54) is 12.8 Å². The molecule has 30 heavy (non-hydrogen) atoms. The fraction of sp³-hybridized carbons (Fsp3) is 0.292. The Balaban J connectivity index is 1.54. The minimum Gasteiger partial charge on any atom is -0.336 e. The van der Waals surface area contributed by atoms with E-state index in [4.69, 9.17) is 0 Å². The third-order valence-electron chi connectivity index (χ3n) is 5.98. The van der Waals surface area contributed by atoms with E-state index < -0.39 is 0 Å². The van der Waals surface area contributed by atoms with Crippen LogP contribution in [-0.2, 0) is 6.54 Å². The van der Waals surface area contributed by atoms with Crippen molar-refractivity contribution >= 4 is 11.4 Å². The van der Waals surface area contributed by atoms with Gasteiger partial charge in [-0.05, 0) is 49.2 Å². The van der Waals surface area contributed by atoms with Crippen molar-refractivity contribution in [2.75, 3.05) is 7.05 Å². The van der Waals surface area contributed by atoms with E-state index in [0.717, 1.165) is 35.4 Å². The minimum atomic E-state index is -0.0115. The van der Waals surface area contributed by atoms with Crippen LogP contribution in [0.15, 0.2) is 67.1 Å². The van der Waals surface area contributed by atoms with Gasteiger partial charge in [-0.3, -0.25) is 14.5 Å². The van der Waals surface area contributed by atoms with E-state index in [0.29, 0.717) is 18.2 Å². The van der Waals surface area contributed by atoms with Gasteiger partial charge in [0.05, 0.1) is 40.7 Å². The van der Waals surface area contributed by atoms with Gasteiger partial charge >= 0.3 is 0 Å². The van der Waals surface area contributed by atoms with Crippen LogP contribution in [0.1, 0.15) is 47.8 Å². The van der Waals surface area contributed by atoms with Gasteiger partial charge in [0.15, 0.2) is 0 Å². The third-order valence-corrected chi connectivity index (χ3v) is 5.98. The summed E-state index contributed by atoms with van der Waals surface area (Å²) in [7, 11) is 1.83. The zero-order valence-electron chi connectivity index (χ0n) is 17.1. The highest BCUT2D eigenvalue weighted by atomic mass is 16.2. The molecule has 1 saturated carbocycles. The number of hydrogen-bond donors (Lipinski definition) is 0. The average Bonchev–Trinajstić information content (AvgIpc) is 3.52. The van der Waals surface area contributed by atoms with Gasteiger partial charge in [0.1, 0.15) is 0 Å². The van der Waals surface area contributed by atoms with Gasteiger partial charge < -0.3 is 9.30 Å². The molecule has 0 spiro atoms. The van der Waals surface area contributed by atoms with Gasteiger partial charge in [-0.2, -0.15) is 5.10 Å². The number of carbonyl (C=O) groups is 1. The van der Waals surface area contributed by atoms with Gasteiger partial charge in [0.2, 0.25) is 0 Å². The van der Waals surface area contributed by atoms with E-state index in [9.17, 15) is 4.79 Å². The quantitative estimate of drug-likeness (QED) is 0.493. The van der Waals surface area contributed by atoms with Crippen molar-refractivity contribution in [3.8, 4) is 11.4 Å². The molecule has 152 valence electrons. The molecule has 4 aromatic heterocycles. The van der Waals surface area contributed by atoms with Gasteiger partial charge in [0, 0.05) is 25.6 Å². The maximum Gasteiger partial charge on any atom is 0.256 e. The topological polar surface area (TPSA) is 55.4 Å². The van der Waals surface area contributed by atoms with Gasteiger partial charge in [-0.1, -0.05) is 25.0 Å². The Hall–Kier alpha value is -3.41. The predicted molar refractivity (Wildman–Crippen MR) is 116 cm³/mol. The van der Waals surface area contributed by atoms with Crippen LogP contribution in [0.2, 0.25) is 0 Å². The van der Waals surface area contributed by atoms with E-state index in [1.807, 2.05) is 61.9 Å². The lowest BCUT2D eigenvalue weighted by Crippen LogP contribution is -2.26. The largest absolute Gasteiger partial charge is 0.336 e. The van der Waals surface area contributed by atoms with Crippen LogP contribution in [0.4, 0.5) is 0 Å². The summed E-state index contributed by atoms with van der Waals surface area (Å²) in [6.45, 7) is 0.471. The lowest BCUT2D eigenvalue weighted by molar-refractivity contribution is 0.0785. The summed E-state index contributed by atoms with van der Waals surface area (Å²) in [4.78, 5) is 19.4. The summed E-state index contributed by atoms with van der Waals surface area (Å²) < 4.78 is 4.25.